The second-order valence-corrected chi connectivity index (χ2v) is 4.53. The average Bonchev–Trinajstić information content (AvgIpc) is 2.79. The molecule has 0 aliphatic heterocycles. The summed E-state index contributed by atoms with van der Waals surface area (Å²) in [4.78, 5) is 26.1. The first-order valence-corrected chi connectivity index (χ1v) is 5.75. The van der Waals surface area contributed by atoms with E-state index in [0.29, 0.717) is 12.8 Å². The van der Waals surface area contributed by atoms with Crippen molar-refractivity contribution < 1.29 is 9.72 Å². The Hall–Kier alpha value is -1.49. The molecule has 1 fully saturated rings. The van der Waals surface area contributed by atoms with Crippen LogP contribution in [0.1, 0.15) is 31.4 Å². The average molecular weight is 255 g/mol. The highest BCUT2D eigenvalue weighted by atomic mass is 35.5. The molecule has 0 radical (unpaired) electrons. The summed E-state index contributed by atoms with van der Waals surface area (Å²) in [5.74, 6) is 0. The third kappa shape index (κ3) is 1.91. The lowest BCUT2D eigenvalue weighted by molar-refractivity contribution is -0.386. The van der Waals surface area contributed by atoms with Crippen LogP contribution in [0, 0.1) is 10.1 Å². The molecule has 0 bridgehead atoms. The van der Waals surface area contributed by atoms with E-state index in [-0.39, 0.29) is 11.4 Å². The SMILES string of the molecule is O=C(Cl)C1(c2ncccc2[N+](=O)[O-])CCCC1. The van der Waals surface area contributed by atoms with Crippen LogP contribution in [-0.2, 0) is 10.2 Å². The fraction of sp³-hybridized carbons (Fsp3) is 0.455. The minimum atomic E-state index is -0.967. The second kappa shape index (κ2) is 4.41. The number of hydrogen-bond acceptors (Lipinski definition) is 4. The third-order valence-electron chi connectivity index (χ3n) is 3.27. The molecule has 0 amide bonds. The van der Waals surface area contributed by atoms with Crippen LogP contribution in [-0.4, -0.2) is 15.1 Å². The fourth-order valence-electron chi connectivity index (χ4n) is 2.42. The highest BCUT2D eigenvalue weighted by Gasteiger charge is 2.46. The van der Waals surface area contributed by atoms with Crippen LogP contribution in [0.2, 0.25) is 0 Å². The molecule has 0 N–H and O–H groups in total. The Kier molecular flexibility index (Phi) is 3.11. The van der Waals surface area contributed by atoms with Gasteiger partial charge in [-0.2, -0.15) is 0 Å². The number of hydrogen-bond donors (Lipinski definition) is 0. The maximum atomic E-state index is 11.6. The number of nitro groups is 1. The van der Waals surface area contributed by atoms with E-state index in [4.69, 9.17) is 11.6 Å². The topological polar surface area (TPSA) is 73.1 Å². The minimum Gasteiger partial charge on any atom is -0.280 e. The molecule has 5 nitrogen and oxygen atoms in total. The number of rotatable bonds is 3. The van der Waals surface area contributed by atoms with Crippen molar-refractivity contribution >= 4 is 22.5 Å². The van der Waals surface area contributed by atoms with E-state index in [1.807, 2.05) is 0 Å². The van der Waals surface area contributed by atoms with Crippen LogP contribution in [0.25, 0.3) is 0 Å². The molecule has 1 heterocycles. The van der Waals surface area contributed by atoms with Gasteiger partial charge in [-0.1, -0.05) is 12.8 Å². The van der Waals surface area contributed by atoms with Crippen LogP contribution >= 0.6 is 11.6 Å². The quantitative estimate of drug-likeness (QED) is 0.472. The van der Waals surface area contributed by atoms with Gasteiger partial charge in [0.15, 0.2) is 0 Å². The third-order valence-corrected chi connectivity index (χ3v) is 3.63. The first-order valence-electron chi connectivity index (χ1n) is 5.38. The van der Waals surface area contributed by atoms with E-state index < -0.39 is 15.6 Å². The second-order valence-electron chi connectivity index (χ2n) is 4.19. The molecule has 1 aromatic heterocycles. The molecule has 0 unspecified atom stereocenters. The van der Waals surface area contributed by atoms with Gasteiger partial charge in [-0.05, 0) is 30.5 Å². The molecule has 0 aromatic carbocycles. The smallest absolute Gasteiger partial charge is 0.280 e. The molecule has 6 heteroatoms. The molecule has 1 saturated carbocycles. The Balaban J connectivity index is 2.58. The summed E-state index contributed by atoms with van der Waals surface area (Å²) < 4.78 is 0. The van der Waals surface area contributed by atoms with Gasteiger partial charge in [0.2, 0.25) is 5.24 Å². The Morgan fingerprint density at radius 2 is 2.12 bits per heavy atom. The van der Waals surface area contributed by atoms with Gasteiger partial charge in [0, 0.05) is 12.3 Å². The predicted octanol–water partition coefficient (Wildman–Crippen LogP) is 2.57. The zero-order valence-electron chi connectivity index (χ0n) is 9.06. The van der Waals surface area contributed by atoms with Gasteiger partial charge in [0.05, 0.1) is 10.3 Å². The van der Waals surface area contributed by atoms with Crippen molar-refractivity contribution in [3.63, 3.8) is 0 Å². The van der Waals surface area contributed by atoms with E-state index in [0.717, 1.165) is 12.8 Å². The minimum absolute atomic E-state index is 0.122. The van der Waals surface area contributed by atoms with Crippen molar-refractivity contribution in [2.45, 2.75) is 31.1 Å². The summed E-state index contributed by atoms with van der Waals surface area (Å²) in [5.41, 5.74) is -0.878. The lowest BCUT2D eigenvalue weighted by Crippen LogP contribution is -2.31. The largest absolute Gasteiger partial charge is 0.291 e. The van der Waals surface area contributed by atoms with Crippen LogP contribution in [0.3, 0.4) is 0 Å². The van der Waals surface area contributed by atoms with E-state index in [2.05, 4.69) is 4.98 Å². The van der Waals surface area contributed by atoms with Crippen molar-refractivity contribution in [1.82, 2.24) is 4.98 Å². The standard InChI is InChI=1S/C11H11ClN2O3/c12-10(15)11(5-1-2-6-11)9-8(14(16)17)4-3-7-13-9/h3-4,7H,1-2,5-6H2. The number of aromatic nitrogens is 1. The zero-order chi connectivity index (χ0) is 12.5. The highest BCUT2D eigenvalue weighted by molar-refractivity contribution is 6.65. The molecule has 2 rings (SSSR count). The van der Waals surface area contributed by atoms with Crippen molar-refractivity contribution in [1.29, 1.82) is 0 Å². The van der Waals surface area contributed by atoms with Crippen molar-refractivity contribution in [3.05, 3.63) is 34.1 Å². The number of carbonyl (C=O) groups is 1. The number of pyridine rings is 1. The van der Waals surface area contributed by atoms with Gasteiger partial charge in [-0.3, -0.25) is 19.9 Å². The van der Waals surface area contributed by atoms with Crippen molar-refractivity contribution in [2.24, 2.45) is 0 Å². The maximum Gasteiger partial charge on any atom is 0.291 e. The Bertz CT molecular complexity index is 470. The monoisotopic (exact) mass is 254 g/mol. The normalized spacial score (nSPS) is 17.9. The van der Waals surface area contributed by atoms with Crippen molar-refractivity contribution in [3.8, 4) is 0 Å². The van der Waals surface area contributed by atoms with Gasteiger partial charge in [0.25, 0.3) is 5.69 Å². The number of nitrogens with zero attached hydrogens (tertiary/aromatic N) is 2. The van der Waals surface area contributed by atoms with E-state index in [1.165, 1.54) is 18.3 Å². The molecular formula is C11H11ClN2O3. The highest BCUT2D eigenvalue weighted by Crippen LogP contribution is 2.44. The maximum absolute atomic E-state index is 11.6. The van der Waals surface area contributed by atoms with Crippen LogP contribution < -0.4 is 0 Å². The molecule has 90 valence electrons. The van der Waals surface area contributed by atoms with E-state index >= 15 is 0 Å². The van der Waals surface area contributed by atoms with Gasteiger partial charge in [0.1, 0.15) is 5.69 Å². The van der Waals surface area contributed by atoms with Crippen LogP contribution in [0.4, 0.5) is 5.69 Å². The van der Waals surface area contributed by atoms with Gasteiger partial charge in [-0.25, -0.2) is 0 Å². The van der Waals surface area contributed by atoms with Gasteiger partial charge >= 0.3 is 0 Å². The summed E-state index contributed by atoms with van der Waals surface area (Å²) in [6, 6.07) is 2.85. The Morgan fingerprint density at radius 3 is 2.65 bits per heavy atom. The molecular weight excluding hydrogens is 244 g/mol. The molecule has 1 aliphatic carbocycles. The van der Waals surface area contributed by atoms with Crippen molar-refractivity contribution in [2.75, 3.05) is 0 Å². The van der Waals surface area contributed by atoms with E-state index in [1.54, 1.807) is 0 Å². The van der Waals surface area contributed by atoms with Crippen LogP contribution in [0.15, 0.2) is 18.3 Å². The molecule has 1 aromatic rings. The van der Waals surface area contributed by atoms with Crippen LogP contribution in [0.5, 0.6) is 0 Å². The number of halogens is 1. The molecule has 1 aliphatic rings. The molecule has 0 atom stereocenters. The fourth-order valence-corrected chi connectivity index (χ4v) is 2.70. The summed E-state index contributed by atoms with van der Waals surface area (Å²) >= 11 is 5.65. The summed E-state index contributed by atoms with van der Waals surface area (Å²) in [6.07, 6.45) is 4.21. The molecule has 17 heavy (non-hydrogen) atoms. The summed E-state index contributed by atoms with van der Waals surface area (Å²) in [7, 11) is 0. The summed E-state index contributed by atoms with van der Waals surface area (Å²) in [5, 5.41) is 10.4. The first-order chi connectivity index (χ1) is 8.08. The Morgan fingerprint density at radius 1 is 1.47 bits per heavy atom. The predicted molar refractivity (Wildman–Crippen MR) is 61.9 cm³/mol. The lowest BCUT2D eigenvalue weighted by atomic mass is 9.83. The van der Waals surface area contributed by atoms with Gasteiger partial charge < -0.3 is 0 Å². The summed E-state index contributed by atoms with van der Waals surface area (Å²) in [6.45, 7) is 0. The molecule has 0 saturated heterocycles. The van der Waals surface area contributed by atoms with E-state index in [9.17, 15) is 14.9 Å². The molecule has 0 spiro atoms. The zero-order valence-corrected chi connectivity index (χ0v) is 9.81. The number of carbonyl (C=O) groups excluding carboxylic acids is 1. The first kappa shape index (κ1) is 12.0. The van der Waals surface area contributed by atoms with Gasteiger partial charge in [-0.15, -0.1) is 0 Å². The lowest BCUT2D eigenvalue weighted by Gasteiger charge is -2.22. The Labute approximate surface area is 103 Å².